The van der Waals surface area contributed by atoms with Crippen molar-refractivity contribution in [1.82, 2.24) is 4.98 Å². The van der Waals surface area contributed by atoms with E-state index in [-0.39, 0.29) is 5.43 Å². The van der Waals surface area contributed by atoms with Gasteiger partial charge in [0.1, 0.15) is 10.8 Å². The molecule has 1 aromatic heterocycles. The second kappa shape index (κ2) is 6.40. The van der Waals surface area contributed by atoms with Crippen LogP contribution >= 0.6 is 11.8 Å². The number of methoxy groups -OCH3 is 1. The summed E-state index contributed by atoms with van der Waals surface area (Å²) < 4.78 is 5.44. The quantitative estimate of drug-likeness (QED) is 0.931. The molecule has 0 radical (unpaired) electrons. The SMILES string of the molecule is CCc1c(OC)ccc2c(=O)cc(C3=NC(C(C)C)CS3)[nH]c12. The number of thioether (sulfide) groups is 1. The molecule has 5 heteroatoms. The van der Waals surface area contributed by atoms with Crippen molar-refractivity contribution in [1.29, 1.82) is 0 Å². The van der Waals surface area contributed by atoms with Gasteiger partial charge in [-0.05, 0) is 24.5 Å². The lowest BCUT2D eigenvalue weighted by atomic mass is 10.1. The van der Waals surface area contributed by atoms with Crippen molar-refractivity contribution in [2.75, 3.05) is 12.9 Å². The van der Waals surface area contributed by atoms with Crippen molar-refractivity contribution in [2.45, 2.75) is 33.2 Å². The Morgan fingerprint density at radius 3 is 2.83 bits per heavy atom. The number of nitrogens with zero attached hydrogens (tertiary/aromatic N) is 1. The smallest absolute Gasteiger partial charge is 0.190 e. The average molecular weight is 330 g/mol. The third-order valence-corrected chi connectivity index (χ3v) is 5.42. The molecule has 0 bridgehead atoms. The van der Waals surface area contributed by atoms with Crippen LogP contribution in [0.25, 0.3) is 10.9 Å². The molecule has 4 nitrogen and oxygen atoms in total. The molecular weight excluding hydrogens is 308 g/mol. The summed E-state index contributed by atoms with van der Waals surface area (Å²) in [6, 6.07) is 5.69. The van der Waals surface area contributed by atoms with E-state index in [1.165, 1.54) is 0 Å². The van der Waals surface area contributed by atoms with Gasteiger partial charge < -0.3 is 9.72 Å². The summed E-state index contributed by atoms with van der Waals surface area (Å²) in [5.41, 5.74) is 2.75. The molecule has 0 amide bonds. The number of pyridine rings is 1. The van der Waals surface area contributed by atoms with E-state index in [2.05, 4.69) is 25.8 Å². The zero-order chi connectivity index (χ0) is 16.6. The van der Waals surface area contributed by atoms with Gasteiger partial charge in [-0.3, -0.25) is 9.79 Å². The van der Waals surface area contributed by atoms with Crippen molar-refractivity contribution < 1.29 is 4.74 Å². The van der Waals surface area contributed by atoms with Crippen molar-refractivity contribution in [3.05, 3.63) is 39.7 Å². The molecule has 2 aromatic rings. The molecule has 1 N–H and O–H groups in total. The van der Waals surface area contributed by atoms with Gasteiger partial charge in [0.15, 0.2) is 5.43 Å². The second-order valence-corrected chi connectivity index (χ2v) is 7.14. The molecule has 0 aliphatic carbocycles. The Morgan fingerprint density at radius 2 is 2.22 bits per heavy atom. The van der Waals surface area contributed by atoms with Crippen LogP contribution < -0.4 is 10.2 Å². The van der Waals surface area contributed by atoms with Crippen LogP contribution in [0.3, 0.4) is 0 Å². The Kier molecular flexibility index (Phi) is 4.48. The minimum absolute atomic E-state index is 0.0300. The first-order chi connectivity index (χ1) is 11.0. The first-order valence-electron chi connectivity index (χ1n) is 7.99. The molecular formula is C18H22N2O2S. The van der Waals surface area contributed by atoms with Crippen LogP contribution in [0, 0.1) is 5.92 Å². The van der Waals surface area contributed by atoms with Gasteiger partial charge in [-0.1, -0.05) is 20.8 Å². The lowest BCUT2D eigenvalue weighted by Gasteiger charge is -2.11. The van der Waals surface area contributed by atoms with Crippen LogP contribution in [-0.4, -0.2) is 28.9 Å². The Labute approximate surface area is 140 Å². The van der Waals surface area contributed by atoms with Gasteiger partial charge in [-0.25, -0.2) is 0 Å². The fraction of sp³-hybridized carbons (Fsp3) is 0.444. The van der Waals surface area contributed by atoms with Gasteiger partial charge in [0.2, 0.25) is 0 Å². The molecule has 3 rings (SSSR count). The molecule has 1 aromatic carbocycles. The minimum atomic E-state index is 0.0300. The first-order valence-corrected chi connectivity index (χ1v) is 8.97. The summed E-state index contributed by atoms with van der Waals surface area (Å²) in [4.78, 5) is 20.7. The summed E-state index contributed by atoms with van der Waals surface area (Å²) in [6.07, 6.45) is 0.800. The number of ether oxygens (including phenoxy) is 1. The van der Waals surface area contributed by atoms with Gasteiger partial charge in [-0.15, -0.1) is 11.8 Å². The largest absolute Gasteiger partial charge is 0.496 e. The molecule has 1 aliphatic heterocycles. The number of hydrogen-bond acceptors (Lipinski definition) is 4. The molecule has 1 aliphatic rings. The number of aromatic nitrogens is 1. The van der Waals surface area contributed by atoms with E-state index in [9.17, 15) is 4.79 Å². The molecule has 0 saturated carbocycles. The number of rotatable bonds is 4. The zero-order valence-electron chi connectivity index (χ0n) is 14.0. The third kappa shape index (κ3) is 2.90. The van der Waals surface area contributed by atoms with Gasteiger partial charge in [0, 0.05) is 22.8 Å². The number of nitrogens with one attached hydrogen (secondary N) is 1. The monoisotopic (exact) mass is 330 g/mol. The average Bonchev–Trinajstić information content (AvgIpc) is 3.03. The maximum Gasteiger partial charge on any atom is 0.190 e. The lowest BCUT2D eigenvalue weighted by molar-refractivity contribution is 0.411. The highest BCUT2D eigenvalue weighted by Crippen LogP contribution is 2.29. The van der Waals surface area contributed by atoms with Gasteiger partial charge in [-0.2, -0.15) is 0 Å². The van der Waals surface area contributed by atoms with Gasteiger partial charge >= 0.3 is 0 Å². The van der Waals surface area contributed by atoms with Crippen LogP contribution in [0.5, 0.6) is 5.75 Å². The van der Waals surface area contributed by atoms with E-state index in [1.807, 2.05) is 12.1 Å². The molecule has 23 heavy (non-hydrogen) atoms. The maximum absolute atomic E-state index is 12.5. The minimum Gasteiger partial charge on any atom is -0.496 e. The van der Waals surface area contributed by atoms with Crippen LogP contribution in [0.2, 0.25) is 0 Å². The van der Waals surface area contributed by atoms with Crippen LogP contribution in [0.15, 0.2) is 28.0 Å². The summed E-state index contributed by atoms with van der Waals surface area (Å²) in [5, 5.41) is 1.64. The fourth-order valence-electron chi connectivity index (χ4n) is 2.89. The van der Waals surface area contributed by atoms with E-state index in [0.29, 0.717) is 17.3 Å². The third-order valence-electron chi connectivity index (χ3n) is 4.32. The molecule has 1 unspecified atom stereocenters. The predicted octanol–water partition coefficient (Wildman–Crippen LogP) is 3.62. The van der Waals surface area contributed by atoms with Gasteiger partial charge in [0.05, 0.1) is 24.4 Å². The molecule has 122 valence electrons. The highest BCUT2D eigenvalue weighted by atomic mass is 32.2. The first kappa shape index (κ1) is 16.1. The molecule has 0 fully saturated rings. The number of H-pyrrole nitrogens is 1. The Balaban J connectivity index is 2.17. The number of hydrogen-bond donors (Lipinski definition) is 1. The van der Waals surface area contributed by atoms with E-state index >= 15 is 0 Å². The Hall–Kier alpha value is -1.75. The van der Waals surface area contributed by atoms with Crippen LogP contribution in [-0.2, 0) is 6.42 Å². The van der Waals surface area contributed by atoms with Crippen molar-refractivity contribution in [2.24, 2.45) is 10.9 Å². The summed E-state index contributed by atoms with van der Waals surface area (Å²) in [5.74, 6) is 2.30. The number of aliphatic imine (C=N–C) groups is 1. The molecule has 1 atom stereocenters. The lowest BCUT2D eigenvalue weighted by Crippen LogP contribution is -2.12. The Morgan fingerprint density at radius 1 is 1.43 bits per heavy atom. The van der Waals surface area contributed by atoms with E-state index in [4.69, 9.17) is 9.73 Å². The summed E-state index contributed by atoms with van der Waals surface area (Å²) in [6.45, 7) is 6.43. The van der Waals surface area contributed by atoms with Crippen molar-refractivity contribution >= 4 is 27.7 Å². The van der Waals surface area contributed by atoms with Crippen LogP contribution in [0.1, 0.15) is 32.0 Å². The Bertz CT molecular complexity index is 824. The highest BCUT2D eigenvalue weighted by Gasteiger charge is 2.23. The number of benzene rings is 1. The molecule has 0 saturated heterocycles. The molecule has 2 heterocycles. The number of aryl methyl sites for hydroxylation is 1. The van der Waals surface area contributed by atoms with E-state index in [0.717, 1.165) is 39.7 Å². The highest BCUT2D eigenvalue weighted by molar-refractivity contribution is 8.14. The summed E-state index contributed by atoms with van der Waals surface area (Å²) >= 11 is 1.72. The number of fused-ring (bicyclic) bond motifs is 1. The van der Waals surface area contributed by atoms with Crippen molar-refractivity contribution in [3.8, 4) is 5.75 Å². The molecule has 0 spiro atoms. The second-order valence-electron chi connectivity index (χ2n) is 6.13. The maximum atomic E-state index is 12.5. The van der Waals surface area contributed by atoms with Crippen molar-refractivity contribution in [3.63, 3.8) is 0 Å². The summed E-state index contributed by atoms with van der Waals surface area (Å²) in [7, 11) is 1.66. The van der Waals surface area contributed by atoms with Crippen LogP contribution in [0.4, 0.5) is 0 Å². The fourth-order valence-corrected chi connectivity index (χ4v) is 4.16. The zero-order valence-corrected chi connectivity index (χ0v) is 14.8. The van der Waals surface area contributed by atoms with Gasteiger partial charge in [0.25, 0.3) is 0 Å². The number of aromatic amines is 1. The topological polar surface area (TPSA) is 54.4 Å². The normalized spacial score (nSPS) is 17.8. The van der Waals surface area contributed by atoms with E-state index < -0.39 is 0 Å². The van der Waals surface area contributed by atoms with E-state index in [1.54, 1.807) is 24.9 Å². The standard InChI is InChI=1S/C18H22N2O2S/c1-5-11-16(22-4)7-6-12-15(21)8-13(19-17(11)12)18-20-14(9-23-18)10(2)3/h6-8,10,14H,5,9H2,1-4H3,(H,19,21). The predicted molar refractivity (Wildman–Crippen MR) is 98.1 cm³/mol.